The van der Waals surface area contributed by atoms with Gasteiger partial charge >= 0.3 is 11.9 Å². The van der Waals surface area contributed by atoms with Gasteiger partial charge in [0.1, 0.15) is 6.10 Å². The molecule has 26 heavy (non-hydrogen) atoms. The molecule has 1 aliphatic carbocycles. The van der Waals surface area contributed by atoms with Crippen LogP contribution in [0.2, 0.25) is 0 Å². The molecule has 0 bridgehead atoms. The largest absolute Gasteiger partial charge is 0.452 e. The summed E-state index contributed by atoms with van der Waals surface area (Å²) in [6, 6.07) is 0. The smallest absolute Gasteiger partial charge is 0.337 e. The Kier molecular flexibility index (Phi) is 5.88. The number of allylic oxidation sites excluding steroid dienone is 3. The molecule has 6 heteroatoms. The molecule has 0 spiro atoms. The summed E-state index contributed by atoms with van der Waals surface area (Å²) in [6.45, 7) is 10.7. The summed E-state index contributed by atoms with van der Waals surface area (Å²) in [5.74, 6) is -1.42. The van der Waals surface area contributed by atoms with Crippen LogP contribution in [0, 0.1) is 0 Å². The van der Waals surface area contributed by atoms with Gasteiger partial charge in [-0.3, -0.25) is 0 Å². The second-order valence-electron chi connectivity index (χ2n) is 7.15. The van der Waals surface area contributed by atoms with E-state index in [9.17, 15) is 19.8 Å². The molecule has 0 saturated carbocycles. The number of aliphatic hydroxyl groups is 2. The normalized spacial score (nSPS) is 32.0. The average molecular weight is 362 g/mol. The highest BCUT2D eigenvalue weighted by Gasteiger charge is 2.58. The molecule has 2 rings (SSSR count). The zero-order valence-electron chi connectivity index (χ0n) is 15.6. The highest BCUT2D eigenvalue weighted by atomic mass is 16.6. The van der Waals surface area contributed by atoms with E-state index < -0.39 is 35.9 Å². The van der Waals surface area contributed by atoms with E-state index in [1.807, 2.05) is 13.0 Å². The molecular weight excluding hydrogens is 336 g/mol. The van der Waals surface area contributed by atoms with Gasteiger partial charge in [0.15, 0.2) is 17.8 Å². The first kappa shape index (κ1) is 20.1. The molecule has 1 fully saturated rings. The van der Waals surface area contributed by atoms with Crippen LogP contribution in [-0.4, -0.2) is 46.1 Å². The number of aliphatic hydroxyl groups excluding tert-OH is 1. The maximum Gasteiger partial charge on any atom is 0.337 e. The van der Waals surface area contributed by atoms with Gasteiger partial charge in [0.25, 0.3) is 0 Å². The maximum atomic E-state index is 12.1. The second-order valence-corrected chi connectivity index (χ2v) is 7.15. The number of hydrogen-bond acceptors (Lipinski definition) is 6. The summed E-state index contributed by atoms with van der Waals surface area (Å²) in [6.07, 6.45) is 2.27. The van der Waals surface area contributed by atoms with E-state index in [-0.39, 0.29) is 5.57 Å². The van der Waals surface area contributed by atoms with Crippen LogP contribution in [0.25, 0.3) is 0 Å². The Morgan fingerprint density at radius 1 is 1.42 bits per heavy atom. The fourth-order valence-electron chi connectivity index (χ4n) is 3.14. The van der Waals surface area contributed by atoms with E-state index in [2.05, 4.69) is 6.58 Å². The average Bonchev–Trinajstić information content (AvgIpc) is 2.75. The highest BCUT2D eigenvalue weighted by Crippen LogP contribution is 2.39. The molecule has 0 aromatic carbocycles. The van der Waals surface area contributed by atoms with Crippen LogP contribution in [0.5, 0.6) is 0 Å². The van der Waals surface area contributed by atoms with Gasteiger partial charge in [-0.05, 0) is 52.2 Å². The molecule has 1 heterocycles. The summed E-state index contributed by atoms with van der Waals surface area (Å²) in [4.78, 5) is 24.1. The van der Waals surface area contributed by atoms with Gasteiger partial charge in [-0.15, -0.1) is 0 Å². The fourth-order valence-corrected chi connectivity index (χ4v) is 3.14. The van der Waals surface area contributed by atoms with Crippen LogP contribution in [0.1, 0.15) is 40.5 Å². The lowest BCUT2D eigenvalue weighted by atomic mass is 9.79. The lowest BCUT2D eigenvalue weighted by Gasteiger charge is -2.36. The predicted molar refractivity (Wildman–Crippen MR) is 96.0 cm³/mol. The Morgan fingerprint density at radius 3 is 2.69 bits per heavy atom. The molecule has 2 N–H and O–H groups in total. The quantitative estimate of drug-likeness (QED) is 0.444. The summed E-state index contributed by atoms with van der Waals surface area (Å²) < 4.78 is 10.6. The Hall–Kier alpha value is -2.18. The van der Waals surface area contributed by atoms with Crippen LogP contribution in [0.4, 0.5) is 0 Å². The first-order chi connectivity index (χ1) is 12.1. The Balaban J connectivity index is 2.49. The molecule has 2 aliphatic rings. The minimum Gasteiger partial charge on any atom is -0.452 e. The number of hydrogen-bond donors (Lipinski definition) is 2. The van der Waals surface area contributed by atoms with Gasteiger partial charge in [0.05, 0.1) is 5.57 Å². The molecule has 0 aromatic rings. The van der Waals surface area contributed by atoms with Crippen molar-refractivity contribution in [2.45, 2.75) is 64.4 Å². The highest BCUT2D eigenvalue weighted by molar-refractivity contribution is 5.93. The zero-order chi connectivity index (χ0) is 19.6. The number of carbonyl (C=O) groups is 2. The summed E-state index contributed by atoms with van der Waals surface area (Å²) >= 11 is 0. The van der Waals surface area contributed by atoms with Gasteiger partial charge in [0, 0.05) is 6.08 Å². The fraction of sp³-hybridized carbons (Fsp3) is 0.500. The van der Waals surface area contributed by atoms with Gasteiger partial charge in [0.2, 0.25) is 0 Å². The summed E-state index contributed by atoms with van der Waals surface area (Å²) in [7, 11) is 0. The van der Waals surface area contributed by atoms with E-state index in [1.54, 1.807) is 26.8 Å². The number of esters is 2. The van der Waals surface area contributed by atoms with E-state index in [1.165, 1.54) is 6.08 Å². The van der Waals surface area contributed by atoms with Crippen molar-refractivity contribution in [3.05, 3.63) is 47.1 Å². The molecule has 0 amide bonds. The molecule has 1 aliphatic heterocycles. The molecule has 1 saturated heterocycles. The van der Waals surface area contributed by atoms with Gasteiger partial charge in [-0.25, -0.2) is 9.59 Å². The zero-order valence-corrected chi connectivity index (χ0v) is 15.6. The topological polar surface area (TPSA) is 93.1 Å². The van der Waals surface area contributed by atoms with E-state index >= 15 is 0 Å². The molecular formula is C20H26O6. The van der Waals surface area contributed by atoms with Crippen LogP contribution in [-0.2, 0) is 19.1 Å². The van der Waals surface area contributed by atoms with Crippen molar-refractivity contribution in [1.82, 2.24) is 0 Å². The van der Waals surface area contributed by atoms with Crippen LogP contribution in [0.3, 0.4) is 0 Å². The Labute approximate surface area is 153 Å². The van der Waals surface area contributed by atoms with Crippen LogP contribution < -0.4 is 0 Å². The van der Waals surface area contributed by atoms with Crippen molar-refractivity contribution in [2.24, 2.45) is 0 Å². The first-order valence-electron chi connectivity index (χ1n) is 8.57. The van der Waals surface area contributed by atoms with Crippen molar-refractivity contribution in [1.29, 1.82) is 0 Å². The van der Waals surface area contributed by atoms with Gasteiger partial charge < -0.3 is 19.7 Å². The SMILES string of the molecule is C=C1C(=O)OC2C=C(C)CCC=C(C)C(OC(=O)C=C(C)C)C(O)C12O. The third kappa shape index (κ3) is 3.81. The Bertz CT molecular complexity index is 710. The minimum absolute atomic E-state index is 0.254. The minimum atomic E-state index is -2.08. The van der Waals surface area contributed by atoms with Crippen LogP contribution >= 0.6 is 0 Å². The predicted octanol–water partition coefficient (Wildman–Crippen LogP) is 2.12. The van der Waals surface area contributed by atoms with Gasteiger partial charge in [-0.1, -0.05) is 23.8 Å². The van der Waals surface area contributed by atoms with E-state index in [0.717, 1.165) is 11.1 Å². The lowest BCUT2D eigenvalue weighted by Crippen LogP contribution is -2.56. The molecule has 0 radical (unpaired) electrons. The van der Waals surface area contributed by atoms with Crippen LogP contribution in [0.15, 0.2) is 47.1 Å². The van der Waals surface area contributed by atoms with E-state index in [4.69, 9.17) is 9.47 Å². The number of ether oxygens (including phenoxy) is 2. The van der Waals surface area contributed by atoms with Gasteiger partial charge in [-0.2, -0.15) is 0 Å². The Morgan fingerprint density at radius 2 is 2.08 bits per heavy atom. The number of fused-ring (bicyclic) bond motifs is 1. The van der Waals surface area contributed by atoms with Crippen molar-refractivity contribution in [3.63, 3.8) is 0 Å². The first-order valence-corrected chi connectivity index (χ1v) is 8.57. The maximum absolute atomic E-state index is 12.1. The van der Waals surface area contributed by atoms with Crippen molar-refractivity contribution < 1.29 is 29.3 Å². The van der Waals surface area contributed by atoms with E-state index in [0.29, 0.717) is 18.4 Å². The third-order valence-electron chi connectivity index (χ3n) is 4.67. The second kappa shape index (κ2) is 7.60. The molecule has 0 aromatic heterocycles. The molecule has 6 nitrogen and oxygen atoms in total. The third-order valence-corrected chi connectivity index (χ3v) is 4.67. The monoisotopic (exact) mass is 362 g/mol. The standard InChI is InChI=1S/C20H26O6/c1-11(2)9-16(21)26-17-13(4)8-6-7-12(3)10-15-20(24,18(17)22)14(5)19(23)25-15/h8-10,15,17-18,22,24H,5-7H2,1-4H3. The molecule has 4 unspecified atom stereocenters. The van der Waals surface area contributed by atoms with Crippen molar-refractivity contribution >= 4 is 11.9 Å². The summed E-state index contributed by atoms with van der Waals surface area (Å²) in [5, 5.41) is 22.1. The van der Waals surface area contributed by atoms with Crippen molar-refractivity contribution in [3.8, 4) is 0 Å². The van der Waals surface area contributed by atoms with Crippen molar-refractivity contribution in [2.75, 3.05) is 0 Å². The number of rotatable bonds is 2. The number of carbonyl (C=O) groups excluding carboxylic acids is 2. The molecule has 4 atom stereocenters. The lowest BCUT2D eigenvalue weighted by molar-refractivity contribution is -0.162. The molecule has 142 valence electrons. The summed E-state index contributed by atoms with van der Waals surface area (Å²) in [5.41, 5.74) is -0.101.